The summed E-state index contributed by atoms with van der Waals surface area (Å²) in [5, 5.41) is 18.8. The first-order valence-electron chi connectivity index (χ1n) is 7.40. The molecule has 3 unspecified atom stereocenters. The Kier molecular flexibility index (Phi) is 6.26. The van der Waals surface area contributed by atoms with E-state index in [4.69, 9.17) is 0 Å². The average molecular weight is 286 g/mol. The first kappa shape index (κ1) is 16.8. The average Bonchev–Trinajstić information content (AvgIpc) is 2.80. The van der Waals surface area contributed by atoms with E-state index in [2.05, 4.69) is 6.92 Å². The minimum absolute atomic E-state index is 0.0706. The second kappa shape index (κ2) is 7.47. The summed E-state index contributed by atoms with van der Waals surface area (Å²) in [6.07, 6.45) is 2.06. The topological polar surface area (TPSA) is 81.1 Å². The highest BCUT2D eigenvalue weighted by Crippen LogP contribution is 2.21. The molecule has 0 aromatic carbocycles. The Labute approximate surface area is 120 Å². The highest BCUT2D eigenvalue weighted by Gasteiger charge is 2.41. The molecule has 0 aliphatic carbocycles. The van der Waals surface area contributed by atoms with Crippen LogP contribution in [0.25, 0.3) is 0 Å². The van der Waals surface area contributed by atoms with E-state index in [-0.39, 0.29) is 25.0 Å². The summed E-state index contributed by atoms with van der Waals surface area (Å²) >= 11 is 0. The van der Waals surface area contributed by atoms with Crippen molar-refractivity contribution in [2.24, 2.45) is 0 Å². The molecule has 1 fully saturated rings. The van der Waals surface area contributed by atoms with Crippen LogP contribution in [0.2, 0.25) is 0 Å². The molecule has 3 atom stereocenters. The van der Waals surface area contributed by atoms with Crippen LogP contribution >= 0.6 is 0 Å². The van der Waals surface area contributed by atoms with Gasteiger partial charge in [-0.25, -0.2) is 9.59 Å². The number of hydrogen-bond donors (Lipinski definition) is 2. The van der Waals surface area contributed by atoms with E-state index in [1.807, 2.05) is 13.8 Å². The predicted octanol–water partition coefficient (Wildman–Crippen LogP) is 1.53. The second-order valence-corrected chi connectivity index (χ2v) is 5.48. The van der Waals surface area contributed by atoms with Crippen LogP contribution in [0, 0.1) is 0 Å². The van der Waals surface area contributed by atoms with Gasteiger partial charge in [-0.2, -0.15) is 0 Å². The SMILES string of the molecule is CCCCN(C(=O)N1CC(O)CC1C(=O)O)C(C)CC. The Morgan fingerprint density at radius 1 is 1.40 bits per heavy atom. The number of carboxylic acid groups (broad SMARTS) is 1. The number of aliphatic carboxylic acids is 1. The van der Waals surface area contributed by atoms with Crippen molar-refractivity contribution in [3.05, 3.63) is 0 Å². The number of aliphatic hydroxyl groups excluding tert-OH is 1. The molecular weight excluding hydrogens is 260 g/mol. The van der Waals surface area contributed by atoms with Crippen LogP contribution in [0.4, 0.5) is 4.79 Å². The zero-order valence-corrected chi connectivity index (χ0v) is 12.6. The van der Waals surface area contributed by atoms with Crippen molar-refractivity contribution in [2.75, 3.05) is 13.1 Å². The maximum atomic E-state index is 12.6. The molecule has 1 saturated heterocycles. The van der Waals surface area contributed by atoms with Gasteiger partial charge < -0.3 is 20.0 Å². The highest BCUT2D eigenvalue weighted by atomic mass is 16.4. The summed E-state index contributed by atoms with van der Waals surface area (Å²) in [5.41, 5.74) is 0. The Hall–Kier alpha value is -1.30. The number of likely N-dealkylation sites (tertiary alicyclic amines) is 1. The van der Waals surface area contributed by atoms with Crippen LogP contribution in [-0.4, -0.2) is 63.3 Å². The number of aliphatic hydroxyl groups is 1. The molecule has 2 N–H and O–H groups in total. The summed E-state index contributed by atoms with van der Waals surface area (Å²) in [6, 6.07) is -1.11. The Morgan fingerprint density at radius 3 is 2.55 bits per heavy atom. The zero-order chi connectivity index (χ0) is 15.3. The molecule has 0 aromatic heterocycles. The number of carbonyl (C=O) groups excluding carboxylic acids is 1. The first-order chi connectivity index (χ1) is 9.42. The van der Waals surface area contributed by atoms with Crippen molar-refractivity contribution < 1.29 is 19.8 Å². The molecular formula is C14H26N2O4. The summed E-state index contributed by atoms with van der Waals surface area (Å²) in [5.74, 6) is -1.05. The van der Waals surface area contributed by atoms with E-state index < -0.39 is 18.1 Å². The minimum atomic E-state index is -1.05. The molecule has 0 aromatic rings. The number of rotatable bonds is 6. The van der Waals surface area contributed by atoms with Crippen molar-refractivity contribution in [3.63, 3.8) is 0 Å². The number of carbonyl (C=O) groups is 2. The summed E-state index contributed by atoms with van der Waals surface area (Å²) < 4.78 is 0. The lowest BCUT2D eigenvalue weighted by Crippen LogP contribution is -2.51. The molecule has 1 heterocycles. The van der Waals surface area contributed by atoms with E-state index in [0.29, 0.717) is 6.54 Å². The maximum Gasteiger partial charge on any atom is 0.326 e. The van der Waals surface area contributed by atoms with Gasteiger partial charge in [0.05, 0.1) is 6.10 Å². The molecule has 0 saturated carbocycles. The summed E-state index contributed by atoms with van der Waals surface area (Å²) in [7, 11) is 0. The number of β-amino-alcohol motifs (C(OH)–C–C–N with tert-alkyl or cyclic N) is 1. The fourth-order valence-electron chi connectivity index (χ4n) is 2.48. The standard InChI is InChI=1S/C14H26N2O4/c1-4-6-7-15(10(3)5-2)14(20)16-9-11(17)8-12(16)13(18)19/h10-12,17H,4-9H2,1-3H3,(H,18,19). The van der Waals surface area contributed by atoms with Gasteiger partial charge in [-0.05, 0) is 19.8 Å². The van der Waals surface area contributed by atoms with Gasteiger partial charge in [-0.1, -0.05) is 20.3 Å². The van der Waals surface area contributed by atoms with Gasteiger partial charge in [0.2, 0.25) is 0 Å². The van der Waals surface area contributed by atoms with Crippen LogP contribution in [0.3, 0.4) is 0 Å². The van der Waals surface area contributed by atoms with Crippen molar-refractivity contribution in [1.29, 1.82) is 0 Å². The third kappa shape index (κ3) is 3.85. The molecule has 1 rings (SSSR count). The second-order valence-electron chi connectivity index (χ2n) is 5.48. The third-order valence-corrected chi connectivity index (χ3v) is 3.93. The van der Waals surface area contributed by atoms with Crippen molar-refractivity contribution >= 4 is 12.0 Å². The Balaban J connectivity index is 2.84. The molecule has 6 heteroatoms. The summed E-state index contributed by atoms with van der Waals surface area (Å²) in [4.78, 5) is 26.8. The van der Waals surface area contributed by atoms with Gasteiger partial charge in [-0.15, -0.1) is 0 Å². The van der Waals surface area contributed by atoms with Crippen LogP contribution in [0.15, 0.2) is 0 Å². The summed E-state index contributed by atoms with van der Waals surface area (Å²) in [6.45, 7) is 6.76. The molecule has 20 heavy (non-hydrogen) atoms. The van der Waals surface area contributed by atoms with Crippen LogP contribution in [0.5, 0.6) is 0 Å². The fourth-order valence-corrected chi connectivity index (χ4v) is 2.48. The number of carboxylic acids is 1. The maximum absolute atomic E-state index is 12.6. The van der Waals surface area contributed by atoms with Gasteiger partial charge in [0, 0.05) is 25.6 Å². The Bertz CT molecular complexity index is 348. The van der Waals surface area contributed by atoms with Crippen LogP contribution in [-0.2, 0) is 4.79 Å². The van der Waals surface area contributed by atoms with Crippen LogP contribution < -0.4 is 0 Å². The molecule has 116 valence electrons. The number of unbranched alkanes of at least 4 members (excludes halogenated alkanes) is 1. The third-order valence-electron chi connectivity index (χ3n) is 3.93. The molecule has 0 radical (unpaired) electrons. The lowest BCUT2D eigenvalue weighted by molar-refractivity contribution is -0.141. The van der Waals surface area contributed by atoms with Crippen molar-refractivity contribution in [3.8, 4) is 0 Å². The smallest absolute Gasteiger partial charge is 0.326 e. The quantitative estimate of drug-likeness (QED) is 0.776. The number of amides is 2. The van der Waals surface area contributed by atoms with Gasteiger partial charge in [0.1, 0.15) is 6.04 Å². The lowest BCUT2D eigenvalue weighted by atomic mass is 10.2. The minimum Gasteiger partial charge on any atom is -0.480 e. The van der Waals surface area contributed by atoms with Gasteiger partial charge in [-0.3, -0.25) is 0 Å². The van der Waals surface area contributed by atoms with E-state index in [1.165, 1.54) is 4.90 Å². The molecule has 1 aliphatic rings. The van der Waals surface area contributed by atoms with E-state index in [0.717, 1.165) is 19.3 Å². The van der Waals surface area contributed by atoms with Gasteiger partial charge in [0.15, 0.2) is 0 Å². The first-order valence-corrected chi connectivity index (χ1v) is 7.40. The van der Waals surface area contributed by atoms with E-state index in [1.54, 1.807) is 4.90 Å². The normalized spacial score (nSPS) is 23.7. The van der Waals surface area contributed by atoms with E-state index >= 15 is 0 Å². The lowest BCUT2D eigenvalue weighted by Gasteiger charge is -2.34. The van der Waals surface area contributed by atoms with Crippen LogP contribution in [0.1, 0.15) is 46.5 Å². The zero-order valence-electron chi connectivity index (χ0n) is 12.6. The molecule has 0 spiro atoms. The van der Waals surface area contributed by atoms with Crippen molar-refractivity contribution in [2.45, 2.75) is 64.6 Å². The van der Waals surface area contributed by atoms with Gasteiger partial charge in [0.25, 0.3) is 0 Å². The van der Waals surface area contributed by atoms with Crippen molar-refractivity contribution in [1.82, 2.24) is 9.80 Å². The molecule has 6 nitrogen and oxygen atoms in total. The number of hydrogen-bond acceptors (Lipinski definition) is 3. The highest BCUT2D eigenvalue weighted by molar-refractivity contribution is 5.83. The fraction of sp³-hybridized carbons (Fsp3) is 0.857. The monoisotopic (exact) mass is 286 g/mol. The molecule has 2 amide bonds. The Morgan fingerprint density at radius 2 is 2.05 bits per heavy atom. The van der Waals surface area contributed by atoms with E-state index in [9.17, 15) is 19.8 Å². The largest absolute Gasteiger partial charge is 0.480 e. The predicted molar refractivity (Wildman–Crippen MR) is 75.5 cm³/mol. The number of urea groups is 1. The molecule has 1 aliphatic heterocycles. The number of nitrogens with zero attached hydrogens (tertiary/aromatic N) is 2. The molecule has 0 bridgehead atoms. The van der Waals surface area contributed by atoms with Gasteiger partial charge >= 0.3 is 12.0 Å².